The van der Waals surface area contributed by atoms with Crippen molar-refractivity contribution in [2.45, 2.75) is 18.4 Å². The first kappa shape index (κ1) is 17.3. The molecule has 0 atom stereocenters. The van der Waals surface area contributed by atoms with Crippen LogP contribution in [0.25, 0.3) is 0 Å². The predicted molar refractivity (Wildman–Crippen MR) is 82.1 cm³/mol. The Morgan fingerprint density at radius 1 is 1.30 bits per heavy atom. The molecule has 0 radical (unpaired) electrons. The standard InChI is InChI=1S/C15H18ClFN2O4/c16-7-10-23-13(20)18-15(11-1-3-12(17)4-2-11)5-8-19(9-6-15)14(21)22/h1-4H,5-10H2,(H,18,20)(H,21,22). The van der Waals surface area contributed by atoms with Crippen molar-refractivity contribution in [2.24, 2.45) is 0 Å². The molecule has 0 aromatic heterocycles. The van der Waals surface area contributed by atoms with Gasteiger partial charge in [0.05, 0.1) is 11.4 Å². The number of alkyl halides is 1. The number of rotatable bonds is 4. The van der Waals surface area contributed by atoms with Gasteiger partial charge in [0.1, 0.15) is 12.4 Å². The van der Waals surface area contributed by atoms with E-state index in [0.717, 1.165) is 0 Å². The maximum Gasteiger partial charge on any atom is 0.407 e. The van der Waals surface area contributed by atoms with Crippen LogP contribution in [0.1, 0.15) is 18.4 Å². The number of carbonyl (C=O) groups excluding carboxylic acids is 1. The molecule has 1 fully saturated rings. The number of ether oxygens (including phenoxy) is 1. The van der Waals surface area contributed by atoms with Crippen LogP contribution in [0.4, 0.5) is 14.0 Å². The van der Waals surface area contributed by atoms with Crippen LogP contribution in [0.2, 0.25) is 0 Å². The van der Waals surface area contributed by atoms with E-state index in [4.69, 9.17) is 21.4 Å². The predicted octanol–water partition coefficient (Wildman–Crippen LogP) is 2.76. The highest BCUT2D eigenvalue weighted by atomic mass is 35.5. The van der Waals surface area contributed by atoms with Gasteiger partial charge in [-0.15, -0.1) is 11.6 Å². The van der Waals surface area contributed by atoms with Crippen LogP contribution in [-0.2, 0) is 10.3 Å². The minimum Gasteiger partial charge on any atom is -0.465 e. The molecule has 1 aromatic rings. The maximum atomic E-state index is 13.2. The Kier molecular flexibility index (Phi) is 5.65. The summed E-state index contributed by atoms with van der Waals surface area (Å²) >= 11 is 5.49. The number of piperidine rings is 1. The van der Waals surface area contributed by atoms with Crippen molar-refractivity contribution in [3.63, 3.8) is 0 Å². The summed E-state index contributed by atoms with van der Waals surface area (Å²) in [5, 5.41) is 11.9. The zero-order valence-electron chi connectivity index (χ0n) is 12.4. The van der Waals surface area contributed by atoms with Crippen molar-refractivity contribution in [3.05, 3.63) is 35.6 Å². The van der Waals surface area contributed by atoms with E-state index in [-0.39, 0.29) is 31.4 Å². The molecule has 0 spiro atoms. The first-order chi connectivity index (χ1) is 11.0. The zero-order valence-corrected chi connectivity index (χ0v) is 13.2. The summed E-state index contributed by atoms with van der Waals surface area (Å²) in [6.45, 7) is 0.610. The molecule has 1 heterocycles. The van der Waals surface area contributed by atoms with Gasteiger partial charge in [-0.25, -0.2) is 14.0 Å². The Morgan fingerprint density at radius 2 is 1.91 bits per heavy atom. The van der Waals surface area contributed by atoms with Crippen molar-refractivity contribution in [2.75, 3.05) is 25.6 Å². The van der Waals surface area contributed by atoms with Crippen LogP contribution in [0.15, 0.2) is 24.3 Å². The van der Waals surface area contributed by atoms with Crippen molar-refractivity contribution in [3.8, 4) is 0 Å². The number of alkyl carbamates (subject to hydrolysis) is 1. The molecule has 0 aliphatic carbocycles. The highest BCUT2D eigenvalue weighted by Crippen LogP contribution is 2.33. The first-order valence-corrected chi connectivity index (χ1v) is 7.75. The van der Waals surface area contributed by atoms with E-state index in [0.29, 0.717) is 18.4 Å². The third-order valence-electron chi connectivity index (χ3n) is 3.94. The Hall–Kier alpha value is -2.02. The van der Waals surface area contributed by atoms with Crippen LogP contribution >= 0.6 is 11.6 Å². The molecule has 1 aliphatic heterocycles. The summed E-state index contributed by atoms with van der Waals surface area (Å²) in [7, 11) is 0. The normalized spacial score (nSPS) is 16.7. The second kappa shape index (κ2) is 7.50. The monoisotopic (exact) mass is 344 g/mol. The molecule has 2 rings (SSSR count). The molecule has 1 aromatic carbocycles. The van der Waals surface area contributed by atoms with Gasteiger partial charge in [-0.2, -0.15) is 0 Å². The fraction of sp³-hybridized carbons (Fsp3) is 0.467. The van der Waals surface area contributed by atoms with E-state index in [1.807, 2.05) is 0 Å². The number of amides is 2. The number of halogens is 2. The summed E-state index contributed by atoms with van der Waals surface area (Å²) < 4.78 is 18.1. The SMILES string of the molecule is O=C(NC1(c2ccc(F)cc2)CCN(C(=O)O)CC1)OCCCl. The van der Waals surface area contributed by atoms with Crippen molar-refractivity contribution >= 4 is 23.8 Å². The molecule has 2 amide bonds. The van der Waals surface area contributed by atoms with E-state index < -0.39 is 17.7 Å². The van der Waals surface area contributed by atoms with E-state index in [2.05, 4.69) is 5.32 Å². The molecule has 23 heavy (non-hydrogen) atoms. The van der Waals surface area contributed by atoms with Crippen LogP contribution in [0.5, 0.6) is 0 Å². The van der Waals surface area contributed by atoms with Crippen LogP contribution in [0, 0.1) is 5.82 Å². The lowest BCUT2D eigenvalue weighted by molar-refractivity contribution is 0.0953. The van der Waals surface area contributed by atoms with Gasteiger partial charge in [0, 0.05) is 13.1 Å². The van der Waals surface area contributed by atoms with E-state index in [9.17, 15) is 14.0 Å². The molecule has 0 saturated carbocycles. The average molecular weight is 345 g/mol. The molecule has 1 aliphatic rings. The lowest BCUT2D eigenvalue weighted by Gasteiger charge is -2.41. The summed E-state index contributed by atoms with van der Waals surface area (Å²) in [4.78, 5) is 24.3. The molecular formula is C15H18ClFN2O4. The van der Waals surface area contributed by atoms with Crippen molar-refractivity contribution in [1.82, 2.24) is 10.2 Å². The van der Waals surface area contributed by atoms with Crippen molar-refractivity contribution in [1.29, 1.82) is 0 Å². The number of hydrogen-bond acceptors (Lipinski definition) is 3. The third kappa shape index (κ3) is 4.25. The second-order valence-corrected chi connectivity index (χ2v) is 5.69. The zero-order chi connectivity index (χ0) is 16.9. The van der Waals surface area contributed by atoms with Gasteiger partial charge in [0.15, 0.2) is 0 Å². The quantitative estimate of drug-likeness (QED) is 0.823. The van der Waals surface area contributed by atoms with Gasteiger partial charge in [-0.1, -0.05) is 12.1 Å². The smallest absolute Gasteiger partial charge is 0.407 e. The highest BCUT2D eigenvalue weighted by Gasteiger charge is 2.39. The number of hydrogen-bond donors (Lipinski definition) is 2. The molecule has 8 heteroatoms. The summed E-state index contributed by atoms with van der Waals surface area (Å²) in [5.41, 5.74) is -0.0740. The van der Waals surface area contributed by atoms with E-state index in [1.165, 1.54) is 17.0 Å². The van der Waals surface area contributed by atoms with Gasteiger partial charge in [-0.3, -0.25) is 0 Å². The number of carboxylic acid groups (broad SMARTS) is 1. The number of carbonyl (C=O) groups is 2. The Bertz CT molecular complexity index is 559. The lowest BCUT2D eigenvalue weighted by Crippen LogP contribution is -2.54. The minimum absolute atomic E-state index is 0.0775. The van der Waals surface area contributed by atoms with E-state index in [1.54, 1.807) is 12.1 Å². The first-order valence-electron chi connectivity index (χ1n) is 7.22. The van der Waals surface area contributed by atoms with Gasteiger partial charge < -0.3 is 20.1 Å². The number of nitrogens with one attached hydrogen (secondary N) is 1. The average Bonchev–Trinajstić information content (AvgIpc) is 2.54. The largest absolute Gasteiger partial charge is 0.465 e. The molecule has 1 saturated heterocycles. The summed E-state index contributed by atoms with van der Waals surface area (Å²) in [6, 6.07) is 5.81. The second-order valence-electron chi connectivity index (χ2n) is 5.31. The van der Waals surface area contributed by atoms with Gasteiger partial charge >= 0.3 is 12.2 Å². The van der Waals surface area contributed by atoms with Crippen LogP contribution in [0.3, 0.4) is 0 Å². The Balaban J connectivity index is 2.19. The van der Waals surface area contributed by atoms with Gasteiger partial charge in [0.2, 0.25) is 0 Å². The molecule has 0 bridgehead atoms. The molecule has 0 unspecified atom stereocenters. The van der Waals surface area contributed by atoms with E-state index >= 15 is 0 Å². The molecule has 2 N–H and O–H groups in total. The highest BCUT2D eigenvalue weighted by molar-refractivity contribution is 6.18. The Morgan fingerprint density at radius 3 is 2.43 bits per heavy atom. The topological polar surface area (TPSA) is 78.9 Å². The number of nitrogens with zero attached hydrogens (tertiary/aromatic N) is 1. The Labute approximate surface area is 138 Å². The fourth-order valence-corrected chi connectivity index (χ4v) is 2.77. The van der Waals surface area contributed by atoms with Gasteiger partial charge in [-0.05, 0) is 30.5 Å². The lowest BCUT2D eigenvalue weighted by atomic mass is 9.81. The van der Waals surface area contributed by atoms with Gasteiger partial charge in [0.25, 0.3) is 0 Å². The summed E-state index contributed by atoms with van der Waals surface area (Å²) in [5.74, 6) is -0.194. The molecule has 126 valence electrons. The molecule has 6 nitrogen and oxygen atoms in total. The summed E-state index contributed by atoms with van der Waals surface area (Å²) in [6.07, 6.45) is -0.872. The van der Waals surface area contributed by atoms with Crippen LogP contribution in [-0.4, -0.2) is 47.8 Å². The third-order valence-corrected chi connectivity index (χ3v) is 4.09. The number of likely N-dealkylation sites (tertiary alicyclic amines) is 1. The van der Waals surface area contributed by atoms with Crippen LogP contribution < -0.4 is 5.32 Å². The fourth-order valence-electron chi connectivity index (χ4n) is 2.70. The number of benzene rings is 1. The minimum atomic E-state index is -0.998. The maximum absolute atomic E-state index is 13.2. The van der Waals surface area contributed by atoms with Crippen molar-refractivity contribution < 1.29 is 23.8 Å². The molecular weight excluding hydrogens is 327 g/mol.